The van der Waals surface area contributed by atoms with Crippen LogP contribution in [0, 0.1) is 11.3 Å². The summed E-state index contributed by atoms with van der Waals surface area (Å²) in [5, 5.41) is 16.0. The fourth-order valence-corrected chi connectivity index (χ4v) is 2.58. The molecular formula is C17H19F3N4O4. The van der Waals surface area contributed by atoms with Gasteiger partial charge < -0.3 is 18.8 Å². The van der Waals surface area contributed by atoms with Crippen LogP contribution in [0.5, 0.6) is 0 Å². The predicted molar refractivity (Wildman–Crippen MR) is 88.6 cm³/mol. The maximum absolute atomic E-state index is 10.6. The number of aryl methyl sites for hydroxylation is 1. The Hall–Kier alpha value is -2.84. The summed E-state index contributed by atoms with van der Waals surface area (Å²) < 4.78 is 44.8. The molecule has 1 aliphatic heterocycles. The largest absolute Gasteiger partial charge is 0.490 e. The van der Waals surface area contributed by atoms with Gasteiger partial charge in [-0.3, -0.25) is 4.90 Å². The number of ether oxygens (including phenoxy) is 1. The normalized spacial score (nSPS) is 14.4. The fraction of sp³-hybridized carbons (Fsp3) is 0.471. The summed E-state index contributed by atoms with van der Waals surface area (Å²) >= 11 is 0. The second kappa shape index (κ2) is 9.91. The summed E-state index contributed by atoms with van der Waals surface area (Å²) in [6.07, 6.45) is -0.532. The van der Waals surface area contributed by atoms with E-state index in [0.717, 1.165) is 43.2 Å². The van der Waals surface area contributed by atoms with Gasteiger partial charge in [0, 0.05) is 19.6 Å². The van der Waals surface area contributed by atoms with Crippen LogP contribution in [-0.2, 0) is 35.8 Å². The third-order valence-electron chi connectivity index (χ3n) is 3.88. The van der Waals surface area contributed by atoms with Crippen LogP contribution in [0.4, 0.5) is 13.2 Å². The van der Waals surface area contributed by atoms with Crippen molar-refractivity contribution in [3.63, 3.8) is 0 Å². The van der Waals surface area contributed by atoms with Gasteiger partial charge in [-0.15, -0.1) is 0 Å². The van der Waals surface area contributed by atoms with E-state index in [1.165, 1.54) is 0 Å². The maximum Gasteiger partial charge on any atom is 0.490 e. The maximum atomic E-state index is 10.6. The van der Waals surface area contributed by atoms with Gasteiger partial charge in [-0.2, -0.15) is 18.4 Å². The van der Waals surface area contributed by atoms with Crippen LogP contribution in [0.3, 0.4) is 0 Å². The number of carboxylic acid groups (broad SMARTS) is 1. The van der Waals surface area contributed by atoms with Gasteiger partial charge in [0.2, 0.25) is 0 Å². The SMILES string of the molecule is N#CCN1CCCn2cnc(COCc3ccco3)c2C1.O=C(O)C(F)(F)F. The molecule has 1 aliphatic rings. The number of halogens is 3. The van der Waals surface area contributed by atoms with Crippen molar-refractivity contribution in [3.8, 4) is 6.07 Å². The number of aliphatic carboxylic acids is 1. The zero-order valence-electron chi connectivity index (χ0n) is 14.9. The molecule has 0 aromatic carbocycles. The van der Waals surface area contributed by atoms with Crippen LogP contribution >= 0.6 is 0 Å². The van der Waals surface area contributed by atoms with Crippen molar-refractivity contribution >= 4 is 5.97 Å². The number of carbonyl (C=O) groups is 1. The summed E-state index contributed by atoms with van der Waals surface area (Å²) in [7, 11) is 0. The summed E-state index contributed by atoms with van der Waals surface area (Å²) in [6.45, 7) is 4.01. The molecular weight excluding hydrogens is 381 g/mol. The third-order valence-corrected chi connectivity index (χ3v) is 3.88. The highest BCUT2D eigenvalue weighted by atomic mass is 19.4. The molecule has 2 aromatic heterocycles. The van der Waals surface area contributed by atoms with Gasteiger partial charge in [-0.1, -0.05) is 0 Å². The van der Waals surface area contributed by atoms with Gasteiger partial charge in [0.05, 0.1) is 43.2 Å². The molecule has 152 valence electrons. The third kappa shape index (κ3) is 6.40. The molecule has 3 heterocycles. The van der Waals surface area contributed by atoms with Crippen molar-refractivity contribution in [2.75, 3.05) is 13.1 Å². The van der Waals surface area contributed by atoms with Crippen LogP contribution in [0.2, 0.25) is 0 Å². The molecule has 0 spiro atoms. The molecule has 0 fully saturated rings. The van der Waals surface area contributed by atoms with Crippen molar-refractivity contribution in [2.24, 2.45) is 0 Å². The summed E-state index contributed by atoms with van der Waals surface area (Å²) in [5.74, 6) is -1.95. The van der Waals surface area contributed by atoms with Gasteiger partial charge in [0.25, 0.3) is 0 Å². The van der Waals surface area contributed by atoms with Gasteiger partial charge >= 0.3 is 12.1 Å². The van der Waals surface area contributed by atoms with E-state index in [0.29, 0.717) is 19.8 Å². The lowest BCUT2D eigenvalue weighted by Gasteiger charge is -2.15. The number of carboxylic acids is 1. The van der Waals surface area contributed by atoms with E-state index in [1.807, 2.05) is 18.5 Å². The lowest BCUT2D eigenvalue weighted by molar-refractivity contribution is -0.192. The number of rotatable bonds is 5. The molecule has 28 heavy (non-hydrogen) atoms. The highest BCUT2D eigenvalue weighted by Gasteiger charge is 2.38. The Labute approximate surface area is 158 Å². The van der Waals surface area contributed by atoms with E-state index in [4.69, 9.17) is 24.3 Å². The smallest absolute Gasteiger partial charge is 0.475 e. The van der Waals surface area contributed by atoms with Crippen molar-refractivity contribution in [1.29, 1.82) is 5.26 Å². The minimum absolute atomic E-state index is 0.446. The van der Waals surface area contributed by atoms with Crippen molar-refractivity contribution in [2.45, 2.75) is 38.9 Å². The molecule has 8 nitrogen and oxygen atoms in total. The number of aromatic nitrogens is 2. The van der Waals surface area contributed by atoms with Crippen LogP contribution in [-0.4, -0.2) is 44.8 Å². The Kier molecular flexibility index (Phi) is 7.60. The lowest BCUT2D eigenvalue weighted by Crippen LogP contribution is -2.24. The Morgan fingerprint density at radius 1 is 1.39 bits per heavy atom. The number of alkyl halides is 3. The fourth-order valence-electron chi connectivity index (χ4n) is 2.58. The predicted octanol–water partition coefficient (Wildman–Crippen LogP) is 2.56. The van der Waals surface area contributed by atoms with Crippen molar-refractivity contribution in [3.05, 3.63) is 41.9 Å². The van der Waals surface area contributed by atoms with Crippen LogP contribution < -0.4 is 0 Å². The Morgan fingerprint density at radius 3 is 2.75 bits per heavy atom. The summed E-state index contributed by atoms with van der Waals surface area (Å²) in [5.41, 5.74) is 2.11. The molecule has 0 saturated heterocycles. The number of furan rings is 1. The number of imidazole rings is 1. The molecule has 0 unspecified atom stereocenters. The Morgan fingerprint density at radius 2 is 2.14 bits per heavy atom. The number of nitrogens with zero attached hydrogens (tertiary/aromatic N) is 4. The van der Waals surface area contributed by atoms with E-state index in [-0.39, 0.29) is 0 Å². The molecule has 0 aliphatic carbocycles. The molecule has 0 atom stereocenters. The van der Waals surface area contributed by atoms with E-state index in [2.05, 4.69) is 20.5 Å². The average Bonchev–Trinajstić information content (AvgIpc) is 3.22. The van der Waals surface area contributed by atoms with E-state index in [1.54, 1.807) is 6.26 Å². The van der Waals surface area contributed by atoms with E-state index >= 15 is 0 Å². The van der Waals surface area contributed by atoms with Gasteiger partial charge in [0.15, 0.2) is 0 Å². The molecule has 0 bridgehead atoms. The average molecular weight is 400 g/mol. The first-order valence-electron chi connectivity index (χ1n) is 8.33. The summed E-state index contributed by atoms with van der Waals surface area (Å²) in [4.78, 5) is 15.5. The first kappa shape index (κ1) is 21.5. The number of hydrogen-bond donors (Lipinski definition) is 1. The quantitative estimate of drug-likeness (QED) is 0.769. The standard InChI is InChI=1S/C15H18N4O2.C2HF3O2/c16-4-7-18-5-2-6-19-12-17-14(15(19)9-18)11-20-10-13-3-1-8-21-13;3-2(4,5)1(6)7/h1,3,8,12H,2,5-7,9-11H2;(H,6,7). The summed E-state index contributed by atoms with van der Waals surface area (Å²) in [6, 6.07) is 5.96. The van der Waals surface area contributed by atoms with Crippen molar-refractivity contribution in [1.82, 2.24) is 14.5 Å². The first-order chi connectivity index (χ1) is 13.3. The second-order valence-corrected chi connectivity index (χ2v) is 5.93. The van der Waals surface area contributed by atoms with Gasteiger partial charge in [0.1, 0.15) is 12.4 Å². The zero-order valence-corrected chi connectivity index (χ0v) is 14.9. The Balaban J connectivity index is 0.000000345. The van der Waals surface area contributed by atoms with Crippen LogP contribution in [0.25, 0.3) is 0 Å². The molecule has 11 heteroatoms. The van der Waals surface area contributed by atoms with Crippen LogP contribution in [0.1, 0.15) is 23.6 Å². The minimum Gasteiger partial charge on any atom is -0.475 e. The number of nitriles is 1. The zero-order chi connectivity index (χ0) is 20.6. The monoisotopic (exact) mass is 400 g/mol. The van der Waals surface area contributed by atoms with E-state index < -0.39 is 12.1 Å². The minimum atomic E-state index is -5.08. The molecule has 2 aromatic rings. The topological polar surface area (TPSA) is 105 Å². The molecule has 0 saturated carbocycles. The Bertz CT molecular complexity index is 796. The second-order valence-electron chi connectivity index (χ2n) is 5.93. The van der Waals surface area contributed by atoms with Crippen molar-refractivity contribution < 1.29 is 32.2 Å². The highest BCUT2D eigenvalue weighted by molar-refractivity contribution is 5.73. The van der Waals surface area contributed by atoms with Gasteiger partial charge in [-0.05, 0) is 18.6 Å². The van der Waals surface area contributed by atoms with Gasteiger partial charge in [-0.25, -0.2) is 9.78 Å². The number of hydrogen-bond acceptors (Lipinski definition) is 6. The molecule has 0 radical (unpaired) electrons. The molecule has 3 rings (SSSR count). The first-order valence-corrected chi connectivity index (χ1v) is 8.33. The van der Waals surface area contributed by atoms with E-state index in [9.17, 15) is 13.2 Å². The lowest BCUT2D eigenvalue weighted by atomic mass is 10.3. The van der Waals surface area contributed by atoms with Crippen LogP contribution in [0.15, 0.2) is 29.1 Å². The highest BCUT2D eigenvalue weighted by Crippen LogP contribution is 2.17. The molecule has 1 N–H and O–H groups in total. The molecule has 0 amide bonds. The number of fused-ring (bicyclic) bond motifs is 1.